The van der Waals surface area contributed by atoms with E-state index in [-0.39, 0.29) is 17.4 Å². The van der Waals surface area contributed by atoms with Gasteiger partial charge in [-0.25, -0.2) is 8.78 Å². The molecular weight excluding hydrogens is 190 g/mol. The van der Waals surface area contributed by atoms with E-state index in [0.29, 0.717) is 0 Å². The molecular formula is C9H12F2N2O. The molecule has 0 atom stereocenters. The van der Waals surface area contributed by atoms with E-state index >= 15 is 0 Å². The molecule has 0 fully saturated rings. The fraction of sp³-hybridized carbons (Fsp3) is 0.556. The van der Waals surface area contributed by atoms with Crippen LogP contribution < -0.4 is 0 Å². The number of aromatic nitrogens is 2. The highest BCUT2D eigenvalue weighted by atomic mass is 19.3. The molecule has 0 saturated heterocycles. The van der Waals surface area contributed by atoms with Crippen molar-refractivity contribution in [3.05, 3.63) is 18.0 Å². The highest BCUT2D eigenvalue weighted by molar-refractivity contribution is 5.95. The minimum Gasteiger partial charge on any atom is -0.292 e. The smallest absolute Gasteiger partial charge is 0.257 e. The standard InChI is InChI=1S/C9H12F2N2O/c1-6(2)9(14)7-3-4-12-13(7)5-8(10)11/h3-4,6,8H,5H2,1-2H3. The lowest BCUT2D eigenvalue weighted by Gasteiger charge is -2.07. The molecule has 0 unspecified atom stereocenters. The molecule has 0 saturated carbocycles. The number of halogens is 2. The molecule has 1 heterocycles. The molecule has 0 radical (unpaired) electrons. The second-order valence-corrected chi connectivity index (χ2v) is 3.31. The number of alkyl halides is 2. The van der Waals surface area contributed by atoms with Crippen LogP contribution in [0.25, 0.3) is 0 Å². The van der Waals surface area contributed by atoms with E-state index in [2.05, 4.69) is 5.10 Å². The van der Waals surface area contributed by atoms with Gasteiger partial charge in [0.25, 0.3) is 6.43 Å². The monoisotopic (exact) mass is 202 g/mol. The number of nitrogens with zero attached hydrogens (tertiary/aromatic N) is 2. The number of Topliss-reactive ketones (excluding diaryl/α,β-unsaturated/α-hetero) is 1. The molecule has 14 heavy (non-hydrogen) atoms. The lowest BCUT2D eigenvalue weighted by molar-refractivity contribution is 0.0909. The average Bonchev–Trinajstić information content (AvgIpc) is 2.49. The Morgan fingerprint density at radius 3 is 2.71 bits per heavy atom. The molecule has 0 aliphatic carbocycles. The molecule has 0 bridgehead atoms. The van der Waals surface area contributed by atoms with Crippen molar-refractivity contribution in [1.82, 2.24) is 9.78 Å². The second-order valence-electron chi connectivity index (χ2n) is 3.31. The maximum absolute atomic E-state index is 12.1. The Kier molecular flexibility index (Phi) is 3.33. The van der Waals surface area contributed by atoms with Crippen molar-refractivity contribution in [1.29, 1.82) is 0 Å². The summed E-state index contributed by atoms with van der Waals surface area (Å²) in [6, 6.07) is 1.46. The van der Waals surface area contributed by atoms with Gasteiger partial charge in [0.1, 0.15) is 12.2 Å². The molecule has 5 heteroatoms. The van der Waals surface area contributed by atoms with E-state index < -0.39 is 13.0 Å². The van der Waals surface area contributed by atoms with Gasteiger partial charge in [-0.05, 0) is 6.07 Å². The van der Waals surface area contributed by atoms with Crippen LogP contribution >= 0.6 is 0 Å². The van der Waals surface area contributed by atoms with E-state index in [1.54, 1.807) is 13.8 Å². The van der Waals surface area contributed by atoms with Gasteiger partial charge >= 0.3 is 0 Å². The molecule has 0 N–H and O–H groups in total. The van der Waals surface area contributed by atoms with Crippen molar-refractivity contribution in [2.75, 3.05) is 0 Å². The first-order chi connectivity index (χ1) is 6.52. The first-order valence-electron chi connectivity index (χ1n) is 4.36. The number of hydrogen-bond donors (Lipinski definition) is 0. The molecule has 0 aliphatic rings. The maximum atomic E-state index is 12.1. The van der Waals surface area contributed by atoms with Crippen LogP contribution in [-0.4, -0.2) is 22.0 Å². The molecule has 3 nitrogen and oxygen atoms in total. The van der Waals surface area contributed by atoms with Gasteiger partial charge in [-0.2, -0.15) is 5.10 Å². The molecule has 1 aromatic heterocycles. The third kappa shape index (κ3) is 2.37. The minimum atomic E-state index is -2.49. The summed E-state index contributed by atoms with van der Waals surface area (Å²) in [7, 11) is 0. The normalized spacial score (nSPS) is 11.3. The number of hydrogen-bond acceptors (Lipinski definition) is 2. The van der Waals surface area contributed by atoms with Crippen molar-refractivity contribution < 1.29 is 13.6 Å². The lowest BCUT2D eigenvalue weighted by atomic mass is 10.1. The summed E-state index contributed by atoms with van der Waals surface area (Å²) in [6.07, 6.45) is -1.13. The van der Waals surface area contributed by atoms with Crippen LogP contribution in [0.5, 0.6) is 0 Å². The Morgan fingerprint density at radius 2 is 2.21 bits per heavy atom. The van der Waals surface area contributed by atoms with Crippen LogP contribution in [0.3, 0.4) is 0 Å². The highest BCUT2D eigenvalue weighted by Gasteiger charge is 2.17. The Balaban J connectivity index is 2.87. The van der Waals surface area contributed by atoms with Gasteiger partial charge in [0.2, 0.25) is 0 Å². The van der Waals surface area contributed by atoms with Gasteiger partial charge in [-0.1, -0.05) is 13.8 Å². The fourth-order valence-electron chi connectivity index (χ4n) is 1.11. The van der Waals surface area contributed by atoms with E-state index in [0.717, 1.165) is 4.68 Å². The van der Waals surface area contributed by atoms with Crippen molar-refractivity contribution in [2.45, 2.75) is 26.8 Å². The summed E-state index contributed by atoms with van der Waals surface area (Å²) < 4.78 is 25.2. The predicted octanol–water partition coefficient (Wildman–Crippen LogP) is 1.99. The van der Waals surface area contributed by atoms with Crippen molar-refractivity contribution in [3.63, 3.8) is 0 Å². The first-order valence-corrected chi connectivity index (χ1v) is 4.36. The predicted molar refractivity (Wildman–Crippen MR) is 47.4 cm³/mol. The van der Waals surface area contributed by atoms with Gasteiger partial charge in [0, 0.05) is 12.1 Å². The van der Waals surface area contributed by atoms with Crippen LogP contribution in [0, 0.1) is 5.92 Å². The molecule has 0 spiro atoms. The molecule has 78 valence electrons. The summed E-state index contributed by atoms with van der Waals surface area (Å²) in [5.74, 6) is -0.369. The maximum Gasteiger partial charge on any atom is 0.257 e. The van der Waals surface area contributed by atoms with Crippen molar-refractivity contribution in [3.8, 4) is 0 Å². The number of ketones is 1. The van der Waals surface area contributed by atoms with Gasteiger partial charge in [0.05, 0.1) is 0 Å². The first kappa shape index (κ1) is 10.8. The fourth-order valence-corrected chi connectivity index (χ4v) is 1.11. The highest BCUT2D eigenvalue weighted by Crippen LogP contribution is 2.09. The molecule has 0 aliphatic heterocycles. The Labute approximate surface area is 80.7 Å². The molecule has 1 rings (SSSR count). The van der Waals surface area contributed by atoms with E-state index in [4.69, 9.17) is 0 Å². The summed E-state index contributed by atoms with van der Waals surface area (Å²) in [6.45, 7) is 2.92. The van der Waals surface area contributed by atoms with Crippen LogP contribution in [0.4, 0.5) is 8.78 Å². The zero-order valence-electron chi connectivity index (χ0n) is 8.08. The third-order valence-electron chi connectivity index (χ3n) is 1.80. The minimum absolute atomic E-state index is 0.164. The summed E-state index contributed by atoms with van der Waals surface area (Å²) in [5.41, 5.74) is 0.250. The van der Waals surface area contributed by atoms with Gasteiger partial charge < -0.3 is 0 Å². The lowest BCUT2D eigenvalue weighted by Crippen LogP contribution is -2.18. The Morgan fingerprint density at radius 1 is 1.57 bits per heavy atom. The average molecular weight is 202 g/mol. The van der Waals surface area contributed by atoms with Crippen molar-refractivity contribution in [2.24, 2.45) is 5.92 Å². The van der Waals surface area contributed by atoms with Gasteiger partial charge in [0.15, 0.2) is 5.78 Å². The van der Waals surface area contributed by atoms with Gasteiger partial charge in [-0.15, -0.1) is 0 Å². The van der Waals surface area contributed by atoms with Crippen LogP contribution in [-0.2, 0) is 6.54 Å². The topological polar surface area (TPSA) is 34.9 Å². The Hall–Kier alpha value is -1.26. The zero-order chi connectivity index (χ0) is 10.7. The summed E-state index contributed by atoms with van der Waals surface area (Å²) >= 11 is 0. The summed E-state index contributed by atoms with van der Waals surface area (Å²) in [5, 5.41) is 3.68. The largest absolute Gasteiger partial charge is 0.292 e. The van der Waals surface area contributed by atoms with E-state index in [9.17, 15) is 13.6 Å². The second kappa shape index (κ2) is 4.30. The third-order valence-corrected chi connectivity index (χ3v) is 1.80. The SMILES string of the molecule is CC(C)C(=O)c1ccnn1CC(F)F. The number of carbonyl (C=O) groups is 1. The number of carbonyl (C=O) groups excluding carboxylic acids is 1. The van der Waals surface area contributed by atoms with Crippen LogP contribution in [0.2, 0.25) is 0 Å². The van der Waals surface area contributed by atoms with Crippen LogP contribution in [0.15, 0.2) is 12.3 Å². The van der Waals surface area contributed by atoms with E-state index in [1.807, 2.05) is 0 Å². The van der Waals surface area contributed by atoms with Gasteiger partial charge in [-0.3, -0.25) is 9.48 Å². The van der Waals surface area contributed by atoms with E-state index in [1.165, 1.54) is 12.3 Å². The molecule has 0 amide bonds. The Bertz CT molecular complexity index is 320. The quantitative estimate of drug-likeness (QED) is 0.700. The molecule has 0 aromatic carbocycles. The zero-order valence-corrected chi connectivity index (χ0v) is 8.08. The summed E-state index contributed by atoms with van der Waals surface area (Å²) in [4.78, 5) is 11.5. The molecule has 1 aromatic rings. The van der Waals surface area contributed by atoms with Crippen LogP contribution in [0.1, 0.15) is 24.3 Å². The van der Waals surface area contributed by atoms with Crippen molar-refractivity contribution >= 4 is 5.78 Å². The number of rotatable bonds is 4.